The Morgan fingerprint density at radius 3 is 3.14 bits per heavy atom. The van der Waals surface area contributed by atoms with E-state index in [2.05, 4.69) is 16.1 Å². The Kier molecular flexibility index (Phi) is 2.34. The zero-order chi connectivity index (χ0) is 9.38. The lowest BCUT2D eigenvalue weighted by molar-refractivity contribution is 0.338. The first kappa shape index (κ1) is 8.93. The van der Waals surface area contributed by atoms with Gasteiger partial charge in [-0.15, -0.1) is 0 Å². The van der Waals surface area contributed by atoms with Crippen molar-refractivity contribution in [2.24, 2.45) is 0 Å². The first-order chi connectivity index (χ1) is 6.95. The van der Waals surface area contributed by atoms with Gasteiger partial charge in [0.25, 0.3) is 0 Å². The second kappa shape index (κ2) is 3.67. The summed E-state index contributed by atoms with van der Waals surface area (Å²) < 4.78 is 0. The molecular weight excluding hydrogens is 190 g/mol. The van der Waals surface area contributed by atoms with Crippen LogP contribution < -0.4 is 5.32 Å². The molecule has 1 fully saturated rings. The number of nitrogens with one attached hydrogen (secondary N) is 1. The van der Waals surface area contributed by atoms with E-state index in [0.717, 1.165) is 12.0 Å². The van der Waals surface area contributed by atoms with E-state index in [1.807, 2.05) is 11.3 Å². The minimum atomic E-state index is 0.777. The molecule has 2 heteroatoms. The summed E-state index contributed by atoms with van der Waals surface area (Å²) in [6.45, 7) is 1.19. The lowest BCUT2D eigenvalue weighted by Gasteiger charge is -2.30. The third-order valence-electron chi connectivity index (χ3n) is 3.74. The van der Waals surface area contributed by atoms with Crippen LogP contribution >= 0.6 is 11.3 Å². The van der Waals surface area contributed by atoms with Crippen molar-refractivity contribution >= 4 is 11.3 Å². The van der Waals surface area contributed by atoms with Gasteiger partial charge in [0, 0.05) is 12.0 Å². The maximum absolute atomic E-state index is 3.72. The Morgan fingerprint density at radius 1 is 1.21 bits per heavy atom. The summed E-state index contributed by atoms with van der Waals surface area (Å²) in [5, 5.41) is 8.47. The first-order valence-electron chi connectivity index (χ1n) is 5.73. The van der Waals surface area contributed by atoms with Gasteiger partial charge in [0.2, 0.25) is 0 Å². The van der Waals surface area contributed by atoms with Crippen LogP contribution in [0.2, 0.25) is 0 Å². The van der Waals surface area contributed by atoms with Crippen molar-refractivity contribution < 1.29 is 0 Å². The van der Waals surface area contributed by atoms with Gasteiger partial charge in [0.15, 0.2) is 0 Å². The highest BCUT2D eigenvalue weighted by atomic mass is 32.1. The zero-order valence-electron chi connectivity index (χ0n) is 8.46. The van der Waals surface area contributed by atoms with E-state index in [1.54, 1.807) is 11.1 Å². The van der Waals surface area contributed by atoms with Gasteiger partial charge < -0.3 is 5.32 Å². The summed E-state index contributed by atoms with van der Waals surface area (Å²) in [5.74, 6) is 0.826. The Balaban J connectivity index is 1.96. The zero-order valence-corrected chi connectivity index (χ0v) is 9.28. The van der Waals surface area contributed by atoms with Crippen molar-refractivity contribution in [3.63, 3.8) is 0 Å². The smallest absolute Gasteiger partial charge is 0.0136 e. The standard InChI is InChI=1S/C12H17NS/c1-2-4-12-10(3-1)11-8-14-7-9(11)5-6-13-12/h7-8,10,12-13H,1-6H2. The van der Waals surface area contributed by atoms with Crippen molar-refractivity contribution in [1.29, 1.82) is 0 Å². The van der Waals surface area contributed by atoms with E-state index < -0.39 is 0 Å². The summed E-state index contributed by atoms with van der Waals surface area (Å²) in [5.41, 5.74) is 3.29. The molecule has 2 heterocycles. The second-order valence-electron chi connectivity index (χ2n) is 4.55. The van der Waals surface area contributed by atoms with E-state index in [9.17, 15) is 0 Å². The monoisotopic (exact) mass is 207 g/mol. The molecular formula is C12H17NS. The molecule has 1 nitrogen and oxygen atoms in total. The highest BCUT2D eigenvalue weighted by molar-refractivity contribution is 7.08. The minimum absolute atomic E-state index is 0.777. The van der Waals surface area contributed by atoms with E-state index in [1.165, 1.54) is 38.6 Å². The molecule has 2 aliphatic rings. The Morgan fingerprint density at radius 2 is 2.14 bits per heavy atom. The summed E-state index contributed by atoms with van der Waals surface area (Å²) in [7, 11) is 0. The topological polar surface area (TPSA) is 12.0 Å². The molecule has 2 unspecified atom stereocenters. The predicted octanol–water partition coefficient (Wildman–Crippen LogP) is 2.92. The second-order valence-corrected chi connectivity index (χ2v) is 5.30. The molecule has 1 aliphatic carbocycles. The summed E-state index contributed by atoms with van der Waals surface area (Å²) >= 11 is 1.89. The number of hydrogen-bond donors (Lipinski definition) is 1. The van der Waals surface area contributed by atoms with Gasteiger partial charge in [-0.25, -0.2) is 0 Å². The summed E-state index contributed by atoms with van der Waals surface area (Å²) in [6, 6.07) is 0.777. The normalized spacial score (nSPS) is 31.7. The van der Waals surface area contributed by atoms with Crippen LogP contribution in [0.4, 0.5) is 0 Å². The molecule has 14 heavy (non-hydrogen) atoms. The van der Waals surface area contributed by atoms with Gasteiger partial charge in [-0.3, -0.25) is 0 Å². The highest BCUT2D eigenvalue weighted by Gasteiger charge is 2.29. The Labute approximate surface area is 89.5 Å². The largest absolute Gasteiger partial charge is 0.313 e. The minimum Gasteiger partial charge on any atom is -0.313 e. The third-order valence-corrected chi connectivity index (χ3v) is 4.55. The number of fused-ring (bicyclic) bond motifs is 3. The van der Waals surface area contributed by atoms with E-state index in [0.29, 0.717) is 0 Å². The molecule has 0 radical (unpaired) electrons. The van der Waals surface area contributed by atoms with Gasteiger partial charge in [-0.2, -0.15) is 11.3 Å². The van der Waals surface area contributed by atoms with Crippen LogP contribution in [0.1, 0.15) is 42.7 Å². The van der Waals surface area contributed by atoms with E-state index >= 15 is 0 Å². The van der Waals surface area contributed by atoms with Crippen LogP contribution in [0.5, 0.6) is 0 Å². The fourth-order valence-corrected chi connectivity index (χ4v) is 3.96. The molecule has 2 atom stereocenters. The van der Waals surface area contributed by atoms with Gasteiger partial charge in [-0.1, -0.05) is 12.8 Å². The Bertz CT molecular complexity index is 318. The van der Waals surface area contributed by atoms with Gasteiger partial charge in [0.1, 0.15) is 0 Å². The van der Waals surface area contributed by atoms with Crippen molar-refractivity contribution in [2.75, 3.05) is 6.54 Å². The predicted molar refractivity (Wildman–Crippen MR) is 61.0 cm³/mol. The van der Waals surface area contributed by atoms with Gasteiger partial charge in [-0.05, 0) is 47.7 Å². The summed E-state index contributed by atoms with van der Waals surface area (Å²) in [6.07, 6.45) is 6.89. The average Bonchev–Trinajstić information content (AvgIpc) is 2.61. The van der Waals surface area contributed by atoms with Crippen LogP contribution in [0.3, 0.4) is 0 Å². The first-order valence-corrected chi connectivity index (χ1v) is 6.68. The van der Waals surface area contributed by atoms with Crippen LogP contribution in [0, 0.1) is 0 Å². The molecule has 3 rings (SSSR count). The number of thiophene rings is 1. The van der Waals surface area contributed by atoms with E-state index in [-0.39, 0.29) is 0 Å². The molecule has 1 aromatic rings. The van der Waals surface area contributed by atoms with Crippen molar-refractivity contribution in [1.82, 2.24) is 5.32 Å². The third kappa shape index (κ3) is 1.41. The van der Waals surface area contributed by atoms with Crippen LogP contribution in [0.15, 0.2) is 10.8 Å². The molecule has 0 saturated heterocycles. The molecule has 0 bridgehead atoms. The maximum Gasteiger partial charge on any atom is 0.0136 e. The quantitative estimate of drug-likeness (QED) is 0.689. The molecule has 76 valence electrons. The van der Waals surface area contributed by atoms with E-state index in [4.69, 9.17) is 0 Å². The molecule has 1 aliphatic heterocycles. The number of hydrogen-bond acceptors (Lipinski definition) is 2. The lowest BCUT2D eigenvalue weighted by atomic mass is 9.80. The van der Waals surface area contributed by atoms with Crippen LogP contribution in [-0.4, -0.2) is 12.6 Å². The van der Waals surface area contributed by atoms with Gasteiger partial charge >= 0.3 is 0 Å². The SMILES string of the molecule is c1scc2c1CCNC1CCCCC21. The van der Waals surface area contributed by atoms with Gasteiger partial charge in [0.05, 0.1) is 0 Å². The lowest BCUT2D eigenvalue weighted by Crippen LogP contribution is -2.36. The highest BCUT2D eigenvalue weighted by Crippen LogP contribution is 2.37. The Hall–Kier alpha value is -0.340. The van der Waals surface area contributed by atoms with Crippen LogP contribution in [0.25, 0.3) is 0 Å². The molecule has 1 aromatic heterocycles. The van der Waals surface area contributed by atoms with Crippen molar-refractivity contribution in [3.8, 4) is 0 Å². The van der Waals surface area contributed by atoms with Crippen molar-refractivity contribution in [3.05, 3.63) is 21.9 Å². The van der Waals surface area contributed by atoms with Crippen molar-refractivity contribution in [2.45, 2.75) is 44.1 Å². The fraction of sp³-hybridized carbons (Fsp3) is 0.667. The average molecular weight is 207 g/mol. The molecule has 0 amide bonds. The van der Waals surface area contributed by atoms with Crippen LogP contribution in [-0.2, 0) is 6.42 Å². The molecule has 0 spiro atoms. The maximum atomic E-state index is 3.72. The summed E-state index contributed by atoms with van der Waals surface area (Å²) in [4.78, 5) is 0. The molecule has 1 N–H and O–H groups in total. The fourth-order valence-electron chi connectivity index (χ4n) is 3.00. The molecule has 0 aromatic carbocycles. The molecule has 1 saturated carbocycles. The number of rotatable bonds is 0.